The van der Waals surface area contributed by atoms with E-state index in [2.05, 4.69) is 6.58 Å². The fourth-order valence-corrected chi connectivity index (χ4v) is 1.51. The second-order valence-electron chi connectivity index (χ2n) is 3.32. The van der Waals surface area contributed by atoms with Crippen LogP contribution in [0.25, 0.3) is 0 Å². The zero-order chi connectivity index (χ0) is 9.19. The summed E-state index contributed by atoms with van der Waals surface area (Å²) < 4.78 is 0. The standard InChI is InChI=1S/C10H14O2/c1-3-5-10(12)6-4-9(7-10)8(2)11/h3,7,12H,1,4-6H2,2H3. The Hall–Kier alpha value is -0.890. The zero-order valence-electron chi connectivity index (χ0n) is 7.34. The number of hydrogen-bond acceptors (Lipinski definition) is 2. The molecule has 0 bridgehead atoms. The van der Waals surface area contributed by atoms with E-state index in [1.54, 1.807) is 12.2 Å². The van der Waals surface area contributed by atoms with Crippen molar-refractivity contribution in [2.75, 3.05) is 0 Å². The van der Waals surface area contributed by atoms with Gasteiger partial charge in [-0.2, -0.15) is 0 Å². The Balaban J connectivity index is 2.74. The van der Waals surface area contributed by atoms with Crippen molar-refractivity contribution in [2.24, 2.45) is 0 Å². The SMILES string of the molecule is C=CCC1(O)C=C(C(C)=O)CC1. The first-order valence-corrected chi connectivity index (χ1v) is 4.13. The smallest absolute Gasteiger partial charge is 0.155 e. The molecule has 0 saturated carbocycles. The Morgan fingerprint density at radius 3 is 3.00 bits per heavy atom. The summed E-state index contributed by atoms with van der Waals surface area (Å²) >= 11 is 0. The molecule has 2 nitrogen and oxygen atoms in total. The third kappa shape index (κ3) is 1.83. The predicted molar refractivity (Wildman–Crippen MR) is 47.8 cm³/mol. The second kappa shape index (κ2) is 3.23. The number of hydrogen-bond donors (Lipinski definition) is 1. The van der Waals surface area contributed by atoms with Gasteiger partial charge in [0.25, 0.3) is 0 Å². The van der Waals surface area contributed by atoms with Crippen molar-refractivity contribution < 1.29 is 9.90 Å². The van der Waals surface area contributed by atoms with Crippen LogP contribution in [0.5, 0.6) is 0 Å². The Kier molecular flexibility index (Phi) is 2.48. The first-order valence-electron chi connectivity index (χ1n) is 4.13. The van der Waals surface area contributed by atoms with Crippen molar-refractivity contribution in [3.05, 3.63) is 24.3 Å². The summed E-state index contributed by atoms with van der Waals surface area (Å²) in [5, 5.41) is 9.81. The minimum absolute atomic E-state index is 0.0648. The van der Waals surface area contributed by atoms with E-state index in [0.29, 0.717) is 19.3 Å². The Labute approximate surface area is 72.6 Å². The number of ketones is 1. The van der Waals surface area contributed by atoms with Gasteiger partial charge < -0.3 is 5.11 Å². The van der Waals surface area contributed by atoms with Gasteiger partial charge in [-0.1, -0.05) is 6.08 Å². The Bertz CT molecular complexity index is 240. The van der Waals surface area contributed by atoms with Crippen molar-refractivity contribution in [3.63, 3.8) is 0 Å². The first kappa shape index (κ1) is 9.20. The lowest BCUT2D eigenvalue weighted by Crippen LogP contribution is -2.21. The quantitative estimate of drug-likeness (QED) is 0.646. The van der Waals surface area contributed by atoms with Crippen molar-refractivity contribution in [1.82, 2.24) is 0 Å². The second-order valence-corrected chi connectivity index (χ2v) is 3.32. The monoisotopic (exact) mass is 166 g/mol. The highest BCUT2D eigenvalue weighted by Crippen LogP contribution is 2.31. The van der Waals surface area contributed by atoms with Gasteiger partial charge in [0, 0.05) is 0 Å². The van der Waals surface area contributed by atoms with Crippen molar-refractivity contribution >= 4 is 5.78 Å². The molecule has 0 heterocycles. The third-order valence-electron chi connectivity index (χ3n) is 2.22. The highest BCUT2D eigenvalue weighted by atomic mass is 16.3. The molecule has 0 aliphatic heterocycles. The number of allylic oxidation sites excluding steroid dienone is 1. The molecule has 1 N–H and O–H groups in total. The van der Waals surface area contributed by atoms with Crippen molar-refractivity contribution in [3.8, 4) is 0 Å². The van der Waals surface area contributed by atoms with Gasteiger partial charge in [-0.3, -0.25) is 4.79 Å². The molecule has 0 aromatic heterocycles. The lowest BCUT2D eigenvalue weighted by atomic mass is 10.00. The fourth-order valence-electron chi connectivity index (χ4n) is 1.51. The largest absolute Gasteiger partial charge is 0.385 e. The van der Waals surface area contributed by atoms with Crippen LogP contribution in [0.4, 0.5) is 0 Å². The van der Waals surface area contributed by atoms with Crippen molar-refractivity contribution in [1.29, 1.82) is 0 Å². The van der Waals surface area contributed by atoms with E-state index in [-0.39, 0.29) is 5.78 Å². The van der Waals surface area contributed by atoms with Gasteiger partial charge in [-0.05, 0) is 37.8 Å². The van der Waals surface area contributed by atoms with Gasteiger partial charge in [0.1, 0.15) is 0 Å². The van der Waals surface area contributed by atoms with Gasteiger partial charge >= 0.3 is 0 Å². The Morgan fingerprint density at radius 2 is 2.58 bits per heavy atom. The van der Waals surface area contributed by atoms with E-state index in [1.807, 2.05) is 0 Å². The highest BCUT2D eigenvalue weighted by Gasteiger charge is 2.30. The highest BCUT2D eigenvalue weighted by molar-refractivity contribution is 5.93. The topological polar surface area (TPSA) is 37.3 Å². The van der Waals surface area contributed by atoms with Crippen LogP contribution in [0.15, 0.2) is 24.3 Å². The van der Waals surface area contributed by atoms with Gasteiger partial charge in [-0.25, -0.2) is 0 Å². The molecule has 0 aromatic rings. The predicted octanol–water partition coefficient (Wildman–Crippen LogP) is 1.60. The van der Waals surface area contributed by atoms with E-state index < -0.39 is 5.60 Å². The summed E-state index contributed by atoms with van der Waals surface area (Å²) in [7, 11) is 0. The molecule has 0 radical (unpaired) electrons. The molecule has 66 valence electrons. The van der Waals surface area contributed by atoms with E-state index in [4.69, 9.17) is 0 Å². The summed E-state index contributed by atoms with van der Waals surface area (Å²) in [6.45, 7) is 5.10. The van der Waals surface area contributed by atoms with Crippen LogP contribution in [0, 0.1) is 0 Å². The minimum atomic E-state index is -0.803. The summed E-state index contributed by atoms with van der Waals surface area (Å²) in [6.07, 6.45) is 5.23. The average Bonchev–Trinajstić information content (AvgIpc) is 2.33. The molecular formula is C10H14O2. The minimum Gasteiger partial charge on any atom is -0.385 e. The molecule has 12 heavy (non-hydrogen) atoms. The first-order chi connectivity index (χ1) is 5.57. The van der Waals surface area contributed by atoms with Crippen LogP contribution < -0.4 is 0 Å². The van der Waals surface area contributed by atoms with Gasteiger partial charge in [-0.15, -0.1) is 6.58 Å². The van der Waals surface area contributed by atoms with E-state index >= 15 is 0 Å². The molecule has 1 unspecified atom stereocenters. The number of aliphatic hydroxyl groups is 1. The van der Waals surface area contributed by atoms with Crippen LogP contribution in [-0.4, -0.2) is 16.5 Å². The lowest BCUT2D eigenvalue weighted by molar-refractivity contribution is -0.113. The molecule has 1 aliphatic carbocycles. The zero-order valence-corrected chi connectivity index (χ0v) is 7.34. The summed E-state index contributed by atoms with van der Waals surface area (Å²) in [6, 6.07) is 0. The van der Waals surface area contributed by atoms with Gasteiger partial charge in [0.15, 0.2) is 5.78 Å². The number of Topliss-reactive ketones (excluding diaryl/α,β-unsaturated/α-hetero) is 1. The molecule has 0 amide bonds. The lowest BCUT2D eigenvalue weighted by Gasteiger charge is -2.16. The molecule has 0 aromatic carbocycles. The summed E-state index contributed by atoms with van der Waals surface area (Å²) in [5.74, 6) is 0.0648. The average molecular weight is 166 g/mol. The molecule has 2 heteroatoms. The number of rotatable bonds is 3. The molecule has 0 saturated heterocycles. The molecule has 0 spiro atoms. The van der Waals surface area contributed by atoms with E-state index in [0.717, 1.165) is 5.57 Å². The van der Waals surface area contributed by atoms with Crippen LogP contribution in [0.1, 0.15) is 26.2 Å². The molecule has 1 atom stereocenters. The number of carbonyl (C=O) groups excluding carboxylic acids is 1. The maximum atomic E-state index is 10.9. The van der Waals surface area contributed by atoms with Crippen LogP contribution in [-0.2, 0) is 4.79 Å². The van der Waals surface area contributed by atoms with E-state index in [1.165, 1.54) is 6.92 Å². The fraction of sp³-hybridized carbons (Fsp3) is 0.500. The maximum Gasteiger partial charge on any atom is 0.155 e. The van der Waals surface area contributed by atoms with E-state index in [9.17, 15) is 9.90 Å². The maximum absolute atomic E-state index is 10.9. The van der Waals surface area contributed by atoms with Crippen LogP contribution in [0.2, 0.25) is 0 Å². The molecule has 1 aliphatic rings. The Morgan fingerprint density at radius 1 is 1.92 bits per heavy atom. The van der Waals surface area contributed by atoms with Crippen molar-refractivity contribution in [2.45, 2.75) is 31.8 Å². The molecule has 0 fully saturated rings. The molecular weight excluding hydrogens is 152 g/mol. The number of carbonyl (C=O) groups is 1. The van der Waals surface area contributed by atoms with Crippen LogP contribution in [0.3, 0.4) is 0 Å². The third-order valence-corrected chi connectivity index (χ3v) is 2.22. The summed E-state index contributed by atoms with van der Waals surface area (Å²) in [4.78, 5) is 10.9. The molecule has 1 rings (SSSR count). The van der Waals surface area contributed by atoms with Gasteiger partial charge in [0.2, 0.25) is 0 Å². The van der Waals surface area contributed by atoms with Crippen LogP contribution >= 0.6 is 0 Å². The normalized spacial score (nSPS) is 28.3. The van der Waals surface area contributed by atoms with Gasteiger partial charge in [0.05, 0.1) is 5.60 Å². The summed E-state index contributed by atoms with van der Waals surface area (Å²) in [5.41, 5.74) is -0.0534.